The van der Waals surface area contributed by atoms with Crippen molar-refractivity contribution in [1.29, 1.82) is 0 Å². The molecule has 0 aliphatic heterocycles. The molecule has 0 atom stereocenters. The number of hydrazone groups is 1. The molecule has 1 amide bonds. The van der Waals surface area contributed by atoms with Crippen LogP contribution in [0.2, 0.25) is 5.02 Å². The van der Waals surface area contributed by atoms with Crippen molar-refractivity contribution in [2.75, 3.05) is 12.9 Å². The molecule has 2 aromatic heterocycles. The molecule has 0 saturated heterocycles. The Balaban J connectivity index is 1.53. The maximum absolute atomic E-state index is 12.3. The number of nitrogens with one attached hydrogen (secondary N) is 1. The van der Waals surface area contributed by atoms with Gasteiger partial charge in [0.05, 0.1) is 19.1 Å². The summed E-state index contributed by atoms with van der Waals surface area (Å²) in [6.45, 7) is 2.02. The normalized spacial score (nSPS) is 11.1. The van der Waals surface area contributed by atoms with Gasteiger partial charge in [-0.3, -0.25) is 9.36 Å². The highest BCUT2D eigenvalue weighted by Crippen LogP contribution is 2.29. The van der Waals surface area contributed by atoms with E-state index >= 15 is 0 Å². The average Bonchev–Trinajstić information content (AvgIpc) is 3.44. The Hall–Kier alpha value is -3.14. The van der Waals surface area contributed by atoms with Crippen molar-refractivity contribution in [3.8, 4) is 22.8 Å². The summed E-state index contributed by atoms with van der Waals surface area (Å²) in [5.41, 5.74) is 4.26. The standard InChI is InChI=1S/C23H20ClN5O2S2/c1-15-3-12-20(33-15)13-25-26-21(30)14-32-23-28-27-22(16-4-10-19(31-2)11-5-16)29(23)18-8-6-17(24)7-9-18/h3-13H,14H2,1-2H3,(H,26,30)/b25-13+. The number of hydrogen-bond acceptors (Lipinski definition) is 7. The molecule has 2 heterocycles. The Morgan fingerprint density at radius 2 is 1.91 bits per heavy atom. The predicted molar refractivity (Wildman–Crippen MR) is 134 cm³/mol. The first kappa shape index (κ1) is 23.0. The van der Waals surface area contributed by atoms with E-state index in [-0.39, 0.29) is 11.7 Å². The van der Waals surface area contributed by atoms with Gasteiger partial charge >= 0.3 is 0 Å². The van der Waals surface area contributed by atoms with Gasteiger partial charge in [0.1, 0.15) is 5.75 Å². The summed E-state index contributed by atoms with van der Waals surface area (Å²) in [6, 6.07) is 18.9. The van der Waals surface area contributed by atoms with Gasteiger partial charge in [-0.15, -0.1) is 21.5 Å². The molecule has 0 radical (unpaired) electrons. The van der Waals surface area contributed by atoms with E-state index in [1.807, 2.05) is 60.0 Å². The Morgan fingerprint density at radius 3 is 2.58 bits per heavy atom. The predicted octanol–water partition coefficient (Wildman–Crippen LogP) is 5.21. The molecule has 4 aromatic rings. The number of thioether (sulfide) groups is 1. The van der Waals surface area contributed by atoms with Gasteiger partial charge < -0.3 is 4.74 Å². The monoisotopic (exact) mass is 497 g/mol. The summed E-state index contributed by atoms with van der Waals surface area (Å²) in [5, 5.41) is 14.0. The molecule has 0 aliphatic rings. The molecule has 33 heavy (non-hydrogen) atoms. The fourth-order valence-electron chi connectivity index (χ4n) is 2.97. The summed E-state index contributed by atoms with van der Waals surface area (Å²) in [6.07, 6.45) is 1.64. The zero-order chi connectivity index (χ0) is 23.2. The number of benzene rings is 2. The third-order valence-corrected chi connectivity index (χ3v) is 6.66. The number of hydrogen-bond donors (Lipinski definition) is 1. The minimum atomic E-state index is -0.235. The largest absolute Gasteiger partial charge is 0.497 e. The molecule has 1 N–H and O–H groups in total. The molecule has 10 heteroatoms. The number of rotatable bonds is 8. The quantitative estimate of drug-likeness (QED) is 0.205. The highest BCUT2D eigenvalue weighted by atomic mass is 35.5. The molecular weight excluding hydrogens is 478 g/mol. The summed E-state index contributed by atoms with van der Waals surface area (Å²) in [7, 11) is 1.62. The molecular formula is C23H20ClN5O2S2. The molecule has 7 nitrogen and oxygen atoms in total. The van der Waals surface area contributed by atoms with Crippen LogP contribution in [-0.2, 0) is 4.79 Å². The lowest BCUT2D eigenvalue weighted by Crippen LogP contribution is -2.19. The maximum Gasteiger partial charge on any atom is 0.250 e. The van der Waals surface area contributed by atoms with E-state index in [0.29, 0.717) is 16.0 Å². The molecule has 0 unspecified atom stereocenters. The number of nitrogens with zero attached hydrogens (tertiary/aromatic N) is 4. The van der Waals surface area contributed by atoms with Gasteiger partial charge in [-0.25, -0.2) is 5.43 Å². The van der Waals surface area contributed by atoms with Crippen LogP contribution in [0.15, 0.2) is 70.9 Å². The molecule has 0 saturated carbocycles. The number of carbonyl (C=O) groups is 1. The van der Waals surface area contributed by atoms with E-state index in [1.165, 1.54) is 16.6 Å². The second kappa shape index (κ2) is 10.7. The topological polar surface area (TPSA) is 81.4 Å². The van der Waals surface area contributed by atoms with E-state index in [4.69, 9.17) is 16.3 Å². The summed E-state index contributed by atoms with van der Waals surface area (Å²) in [5.74, 6) is 1.30. The van der Waals surface area contributed by atoms with Crippen LogP contribution < -0.4 is 10.2 Å². The average molecular weight is 498 g/mol. The van der Waals surface area contributed by atoms with Crippen molar-refractivity contribution in [1.82, 2.24) is 20.2 Å². The van der Waals surface area contributed by atoms with E-state index in [0.717, 1.165) is 21.9 Å². The minimum Gasteiger partial charge on any atom is -0.497 e. The lowest BCUT2D eigenvalue weighted by Gasteiger charge is -2.11. The van der Waals surface area contributed by atoms with Crippen LogP contribution in [0.1, 0.15) is 9.75 Å². The lowest BCUT2D eigenvalue weighted by molar-refractivity contribution is -0.118. The van der Waals surface area contributed by atoms with Gasteiger partial charge in [0, 0.05) is 26.0 Å². The summed E-state index contributed by atoms with van der Waals surface area (Å²) < 4.78 is 7.14. The Labute approximate surface area is 204 Å². The second-order valence-electron chi connectivity index (χ2n) is 6.88. The molecule has 2 aromatic carbocycles. The van der Waals surface area contributed by atoms with Crippen molar-refractivity contribution in [3.63, 3.8) is 0 Å². The number of aromatic nitrogens is 3. The molecule has 168 valence electrons. The van der Waals surface area contributed by atoms with E-state index in [2.05, 4.69) is 20.7 Å². The van der Waals surface area contributed by atoms with E-state index in [1.54, 1.807) is 36.8 Å². The van der Waals surface area contributed by atoms with Crippen molar-refractivity contribution in [2.45, 2.75) is 12.1 Å². The number of halogens is 1. The van der Waals surface area contributed by atoms with Crippen LogP contribution in [0.4, 0.5) is 0 Å². The van der Waals surface area contributed by atoms with Gasteiger partial charge in [0.25, 0.3) is 5.91 Å². The van der Waals surface area contributed by atoms with Gasteiger partial charge in [-0.2, -0.15) is 5.10 Å². The first-order valence-corrected chi connectivity index (χ1v) is 12.1. The Kier molecular flexibility index (Phi) is 7.43. The van der Waals surface area contributed by atoms with Gasteiger partial charge in [-0.05, 0) is 67.6 Å². The highest BCUT2D eigenvalue weighted by molar-refractivity contribution is 7.99. The summed E-state index contributed by atoms with van der Waals surface area (Å²) >= 11 is 8.96. The maximum atomic E-state index is 12.3. The van der Waals surface area contributed by atoms with Crippen LogP contribution >= 0.6 is 34.7 Å². The van der Waals surface area contributed by atoms with Crippen LogP contribution in [0.25, 0.3) is 17.1 Å². The van der Waals surface area contributed by atoms with Crippen LogP contribution in [0, 0.1) is 6.92 Å². The van der Waals surface area contributed by atoms with Crippen molar-refractivity contribution in [3.05, 3.63) is 75.4 Å². The number of ether oxygens (including phenoxy) is 1. The van der Waals surface area contributed by atoms with Gasteiger partial charge in [0.15, 0.2) is 11.0 Å². The fourth-order valence-corrected chi connectivity index (χ4v) is 4.59. The highest BCUT2D eigenvalue weighted by Gasteiger charge is 2.17. The number of methoxy groups -OCH3 is 1. The molecule has 0 aliphatic carbocycles. The van der Waals surface area contributed by atoms with Crippen molar-refractivity contribution < 1.29 is 9.53 Å². The van der Waals surface area contributed by atoms with E-state index < -0.39 is 0 Å². The number of thiophene rings is 1. The van der Waals surface area contributed by atoms with Gasteiger partial charge in [0.2, 0.25) is 0 Å². The lowest BCUT2D eigenvalue weighted by atomic mass is 10.2. The SMILES string of the molecule is COc1ccc(-c2nnc(SCC(=O)N/N=C/c3ccc(C)s3)n2-c2ccc(Cl)cc2)cc1. The van der Waals surface area contributed by atoms with Crippen LogP contribution in [0.3, 0.4) is 0 Å². The minimum absolute atomic E-state index is 0.134. The van der Waals surface area contributed by atoms with Gasteiger partial charge in [-0.1, -0.05) is 23.4 Å². The fraction of sp³-hybridized carbons (Fsp3) is 0.130. The number of amides is 1. The van der Waals surface area contributed by atoms with Crippen LogP contribution in [0.5, 0.6) is 5.75 Å². The van der Waals surface area contributed by atoms with E-state index in [9.17, 15) is 4.79 Å². The van der Waals surface area contributed by atoms with Crippen molar-refractivity contribution >= 4 is 46.8 Å². The second-order valence-corrected chi connectivity index (χ2v) is 9.58. The third kappa shape index (κ3) is 5.81. The number of aryl methyl sites for hydroxylation is 1. The third-order valence-electron chi connectivity index (χ3n) is 4.54. The Morgan fingerprint density at radius 1 is 1.15 bits per heavy atom. The first-order valence-electron chi connectivity index (χ1n) is 9.90. The molecule has 0 spiro atoms. The molecule has 4 rings (SSSR count). The Bertz CT molecular complexity index is 1270. The number of carbonyl (C=O) groups excluding carboxylic acids is 1. The first-order chi connectivity index (χ1) is 16.0. The molecule has 0 fully saturated rings. The zero-order valence-electron chi connectivity index (χ0n) is 17.9. The molecule has 0 bridgehead atoms. The van der Waals surface area contributed by atoms with Crippen molar-refractivity contribution in [2.24, 2.45) is 5.10 Å². The summed E-state index contributed by atoms with van der Waals surface area (Å²) in [4.78, 5) is 14.5. The van der Waals surface area contributed by atoms with Crippen LogP contribution in [-0.4, -0.2) is 39.7 Å². The smallest absolute Gasteiger partial charge is 0.250 e. The zero-order valence-corrected chi connectivity index (χ0v) is 20.2.